The minimum atomic E-state index is -0.325. The molecule has 1 saturated heterocycles. The molecule has 0 saturated carbocycles. The summed E-state index contributed by atoms with van der Waals surface area (Å²) >= 11 is 0. The van der Waals surface area contributed by atoms with Crippen LogP contribution < -0.4 is 0 Å². The van der Waals surface area contributed by atoms with E-state index in [9.17, 15) is 9.18 Å². The van der Waals surface area contributed by atoms with Crippen LogP contribution >= 0.6 is 0 Å². The molecule has 2 rings (SSSR count). The fourth-order valence-corrected chi connectivity index (χ4v) is 1.58. The van der Waals surface area contributed by atoms with Crippen molar-refractivity contribution in [2.45, 2.75) is 18.9 Å². The van der Waals surface area contributed by atoms with Gasteiger partial charge in [0.15, 0.2) is 5.78 Å². The Balaban J connectivity index is 2.14. The molecule has 0 radical (unpaired) electrons. The van der Waals surface area contributed by atoms with Gasteiger partial charge in [0.1, 0.15) is 11.9 Å². The van der Waals surface area contributed by atoms with Crippen molar-refractivity contribution < 1.29 is 13.9 Å². The summed E-state index contributed by atoms with van der Waals surface area (Å²) in [4.78, 5) is 11.7. The molecule has 2 nitrogen and oxygen atoms in total. The zero-order valence-corrected chi connectivity index (χ0v) is 7.70. The zero-order valence-electron chi connectivity index (χ0n) is 7.70. The molecule has 1 aromatic rings. The topological polar surface area (TPSA) is 26.3 Å². The molecular formula is C11H11FO2. The average Bonchev–Trinajstić information content (AvgIpc) is 2.71. The molecule has 0 aliphatic carbocycles. The van der Waals surface area contributed by atoms with Gasteiger partial charge in [-0.2, -0.15) is 0 Å². The minimum absolute atomic E-state index is 0.0394. The van der Waals surface area contributed by atoms with Crippen LogP contribution in [0.4, 0.5) is 4.39 Å². The van der Waals surface area contributed by atoms with Crippen LogP contribution in [0.25, 0.3) is 0 Å². The Hall–Kier alpha value is -1.22. The fourth-order valence-electron chi connectivity index (χ4n) is 1.58. The van der Waals surface area contributed by atoms with Crippen molar-refractivity contribution in [3.05, 3.63) is 35.6 Å². The molecule has 1 aliphatic rings. The second kappa shape index (κ2) is 3.88. The molecule has 3 heteroatoms. The molecule has 1 aliphatic heterocycles. The van der Waals surface area contributed by atoms with Crippen molar-refractivity contribution in [1.82, 2.24) is 0 Å². The zero-order chi connectivity index (χ0) is 9.97. The number of ether oxygens (including phenoxy) is 1. The van der Waals surface area contributed by atoms with Gasteiger partial charge in [0.05, 0.1) is 0 Å². The molecular weight excluding hydrogens is 183 g/mol. The number of carbonyl (C=O) groups is 1. The lowest BCUT2D eigenvalue weighted by atomic mass is 10.0. The van der Waals surface area contributed by atoms with E-state index < -0.39 is 0 Å². The maximum atomic E-state index is 12.6. The summed E-state index contributed by atoms with van der Waals surface area (Å²) in [5.41, 5.74) is 0.526. The summed E-state index contributed by atoms with van der Waals surface area (Å²) < 4.78 is 17.8. The first-order valence-electron chi connectivity index (χ1n) is 4.69. The highest BCUT2D eigenvalue weighted by molar-refractivity contribution is 5.99. The molecule has 0 amide bonds. The Labute approximate surface area is 81.7 Å². The predicted molar refractivity (Wildman–Crippen MR) is 49.7 cm³/mol. The summed E-state index contributed by atoms with van der Waals surface area (Å²) in [5.74, 6) is -0.364. The van der Waals surface area contributed by atoms with Gasteiger partial charge in [0.25, 0.3) is 0 Å². The molecule has 0 N–H and O–H groups in total. The van der Waals surface area contributed by atoms with Crippen LogP contribution in [0.1, 0.15) is 23.2 Å². The molecule has 1 heterocycles. The molecule has 1 unspecified atom stereocenters. The molecule has 1 fully saturated rings. The first kappa shape index (κ1) is 9.34. The smallest absolute Gasteiger partial charge is 0.191 e. The number of Topliss-reactive ketones (excluding diaryl/α,β-unsaturated/α-hetero) is 1. The number of carbonyl (C=O) groups excluding carboxylic acids is 1. The van der Waals surface area contributed by atoms with E-state index in [0.717, 1.165) is 12.8 Å². The first-order valence-corrected chi connectivity index (χ1v) is 4.69. The van der Waals surface area contributed by atoms with Gasteiger partial charge < -0.3 is 4.74 Å². The normalized spacial score (nSPS) is 21.1. The standard InChI is InChI=1S/C11H11FO2/c12-9-5-3-8(4-6-9)11(13)10-2-1-7-14-10/h3-6,10H,1-2,7H2. The third-order valence-corrected chi connectivity index (χ3v) is 2.35. The second-order valence-electron chi connectivity index (χ2n) is 3.37. The Bertz CT molecular complexity index is 326. The van der Waals surface area contributed by atoms with E-state index >= 15 is 0 Å². The largest absolute Gasteiger partial charge is 0.370 e. The van der Waals surface area contributed by atoms with Crippen LogP contribution in [0.5, 0.6) is 0 Å². The minimum Gasteiger partial charge on any atom is -0.370 e. The van der Waals surface area contributed by atoms with Gasteiger partial charge in [0.2, 0.25) is 0 Å². The third-order valence-electron chi connectivity index (χ3n) is 2.35. The Morgan fingerprint density at radius 3 is 2.64 bits per heavy atom. The van der Waals surface area contributed by atoms with E-state index in [1.54, 1.807) is 0 Å². The maximum absolute atomic E-state index is 12.6. The molecule has 74 valence electrons. The van der Waals surface area contributed by atoms with E-state index in [1.165, 1.54) is 24.3 Å². The third kappa shape index (κ3) is 1.82. The highest BCUT2D eigenvalue weighted by Crippen LogP contribution is 2.17. The summed E-state index contributed by atoms with van der Waals surface area (Å²) in [7, 11) is 0. The van der Waals surface area contributed by atoms with Gasteiger partial charge in [-0.15, -0.1) is 0 Å². The molecule has 1 atom stereocenters. The van der Waals surface area contributed by atoms with E-state index in [0.29, 0.717) is 12.2 Å². The van der Waals surface area contributed by atoms with Gasteiger partial charge in [-0.1, -0.05) is 0 Å². The van der Waals surface area contributed by atoms with E-state index in [-0.39, 0.29) is 17.7 Å². The number of benzene rings is 1. The van der Waals surface area contributed by atoms with Crippen LogP contribution in [0.2, 0.25) is 0 Å². The van der Waals surface area contributed by atoms with Crippen molar-refractivity contribution in [3.63, 3.8) is 0 Å². The lowest BCUT2D eigenvalue weighted by molar-refractivity contribution is 0.0643. The van der Waals surface area contributed by atoms with Crippen molar-refractivity contribution in [2.75, 3.05) is 6.61 Å². The highest BCUT2D eigenvalue weighted by Gasteiger charge is 2.24. The van der Waals surface area contributed by atoms with Gasteiger partial charge in [-0.25, -0.2) is 4.39 Å². The average molecular weight is 194 g/mol. The summed E-state index contributed by atoms with van der Waals surface area (Å²) in [6, 6.07) is 5.59. The molecule has 0 spiro atoms. The Kier molecular flexibility index (Phi) is 2.59. The lowest BCUT2D eigenvalue weighted by Gasteiger charge is -2.07. The SMILES string of the molecule is O=C(c1ccc(F)cc1)C1CCCO1. The molecule has 0 bridgehead atoms. The fraction of sp³-hybridized carbons (Fsp3) is 0.364. The molecule has 1 aromatic carbocycles. The van der Waals surface area contributed by atoms with Crippen molar-refractivity contribution in [1.29, 1.82) is 0 Å². The van der Waals surface area contributed by atoms with Gasteiger partial charge in [0, 0.05) is 12.2 Å². The van der Waals surface area contributed by atoms with E-state index in [1.807, 2.05) is 0 Å². The monoisotopic (exact) mass is 194 g/mol. The van der Waals surface area contributed by atoms with Crippen LogP contribution in [0, 0.1) is 5.82 Å². The summed E-state index contributed by atoms with van der Waals surface area (Å²) in [5, 5.41) is 0. The number of rotatable bonds is 2. The van der Waals surface area contributed by atoms with Crippen LogP contribution in [-0.2, 0) is 4.74 Å². The van der Waals surface area contributed by atoms with Crippen LogP contribution in [0.15, 0.2) is 24.3 Å². The van der Waals surface area contributed by atoms with Crippen molar-refractivity contribution in [3.8, 4) is 0 Å². The number of hydrogen-bond donors (Lipinski definition) is 0. The number of halogens is 1. The predicted octanol–water partition coefficient (Wildman–Crippen LogP) is 2.19. The number of ketones is 1. The van der Waals surface area contributed by atoms with Crippen LogP contribution in [-0.4, -0.2) is 18.5 Å². The number of hydrogen-bond acceptors (Lipinski definition) is 2. The first-order chi connectivity index (χ1) is 6.77. The molecule has 14 heavy (non-hydrogen) atoms. The summed E-state index contributed by atoms with van der Waals surface area (Å²) in [6.07, 6.45) is 1.38. The molecule has 0 aromatic heterocycles. The Morgan fingerprint density at radius 2 is 2.07 bits per heavy atom. The van der Waals surface area contributed by atoms with Gasteiger partial charge in [-0.3, -0.25) is 4.79 Å². The lowest BCUT2D eigenvalue weighted by Crippen LogP contribution is -2.19. The Morgan fingerprint density at radius 1 is 1.36 bits per heavy atom. The highest BCUT2D eigenvalue weighted by atomic mass is 19.1. The van der Waals surface area contributed by atoms with E-state index in [4.69, 9.17) is 4.74 Å². The summed E-state index contributed by atoms with van der Waals surface area (Å²) in [6.45, 7) is 0.650. The van der Waals surface area contributed by atoms with Gasteiger partial charge in [-0.05, 0) is 37.1 Å². The quantitative estimate of drug-likeness (QED) is 0.674. The van der Waals surface area contributed by atoms with Crippen LogP contribution in [0.3, 0.4) is 0 Å². The second-order valence-corrected chi connectivity index (χ2v) is 3.37. The maximum Gasteiger partial charge on any atom is 0.191 e. The van der Waals surface area contributed by atoms with Gasteiger partial charge >= 0.3 is 0 Å². The van der Waals surface area contributed by atoms with Crippen molar-refractivity contribution >= 4 is 5.78 Å². The van der Waals surface area contributed by atoms with Crippen molar-refractivity contribution in [2.24, 2.45) is 0 Å². The van der Waals surface area contributed by atoms with E-state index in [2.05, 4.69) is 0 Å².